The van der Waals surface area contributed by atoms with Gasteiger partial charge in [-0.1, -0.05) is 6.07 Å². The third-order valence-electron chi connectivity index (χ3n) is 4.98. The highest BCUT2D eigenvalue weighted by atomic mass is 16.5. The second-order valence-electron chi connectivity index (χ2n) is 6.49. The van der Waals surface area contributed by atoms with Gasteiger partial charge in [0.1, 0.15) is 0 Å². The molecule has 0 saturated carbocycles. The predicted molar refractivity (Wildman–Crippen MR) is 88.6 cm³/mol. The summed E-state index contributed by atoms with van der Waals surface area (Å²) in [6, 6.07) is 7.70. The molecule has 0 unspecified atom stereocenters. The molecule has 122 valence electrons. The number of piperazine rings is 1. The molecule has 2 aliphatic rings. The topological polar surface area (TPSA) is 24.9 Å². The van der Waals surface area contributed by atoms with Gasteiger partial charge in [0.25, 0.3) is 0 Å². The first kappa shape index (κ1) is 15.6. The van der Waals surface area contributed by atoms with Crippen LogP contribution >= 0.6 is 0 Å². The normalized spacial score (nSPS) is 26.0. The minimum absolute atomic E-state index is 0.618. The number of hydrogen-bond acceptors (Lipinski definition) is 4. The van der Waals surface area contributed by atoms with E-state index >= 15 is 0 Å². The molecule has 4 nitrogen and oxygen atoms in total. The van der Waals surface area contributed by atoms with Gasteiger partial charge in [0.2, 0.25) is 0 Å². The molecular weight excluding hydrogens is 276 g/mol. The first-order valence-corrected chi connectivity index (χ1v) is 8.49. The van der Waals surface area contributed by atoms with Gasteiger partial charge in [-0.2, -0.15) is 0 Å². The molecule has 0 N–H and O–H groups in total. The standard InChI is InChI=1S/C18H28N2O2/c1-4-22-18-10-15(7-8-17(18)21-3)12-20-13-16-6-5-9-19(16)11-14(20)2/h7-8,10,14,16H,4-6,9,11-13H2,1-3H3/t14-,16-/m0/s1. The average molecular weight is 304 g/mol. The van der Waals surface area contributed by atoms with Crippen molar-refractivity contribution in [3.8, 4) is 11.5 Å². The van der Waals surface area contributed by atoms with E-state index in [9.17, 15) is 0 Å². The number of hydrogen-bond donors (Lipinski definition) is 0. The minimum atomic E-state index is 0.618. The summed E-state index contributed by atoms with van der Waals surface area (Å²) in [7, 11) is 1.69. The monoisotopic (exact) mass is 304 g/mol. The van der Waals surface area contributed by atoms with Gasteiger partial charge in [0.05, 0.1) is 13.7 Å². The Labute approximate surface area is 134 Å². The molecule has 1 aromatic carbocycles. The van der Waals surface area contributed by atoms with Crippen LogP contribution in [0.15, 0.2) is 18.2 Å². The molecular formula is C18H28N2O2. The van der Waals surface area contributed by atoms with Gasteiger partial charge in [-0.15, -0.1) is 0 Å². The molecule has 0 spiro atoms. The predicted octanol–water partition coefficient (Wildman–Crippen LogP) is 2.76. The highest BCUT2D eigenvalue weighted by molar-refractivity contribution is 5.43. The van der Waals surface area contributed by atoms with E-state index in [0.29, 0.717) is 12.6 Å². The maximum Gasteiger partial charge on any atom is 0.161 e. The highest BCUT2D eigenvalue weighted by Crippen LogP contribution is 2.30. The van der Waals surface area contributed by atoms with Gasteiger partial charge in [-0.3, -0.25) is 9.80 Å². The lowest BCUT2D eigenvalue weighted by atomic mass is 10.1. The molecule has 0 aromatic heterocycles. The summed E-state index contributed by atoms with van der Waals surface area (Å²) >= 11 is 0. The molecule has 4 heteroatoms. The van der Waals surface area contributed by atoms with E-state index in [1.54, 1.807) is 7.11 Å². The Bertz CT molecular complexity index is 506. The first-order chi connectivity index (χ1) is 10.7. The molecule has 0 aliphatic carbocycles. The summed E-state index contributed by atoms with van der Waals surface area (Å²) in [6.45, 7) is 9.71. The van der Waals surface area contributed by atoms with E-state index < -0.39 is 0 Å². The van der Waals surface area contributed by atoms with Crippen LogP contribution in [0.5, 0.6) is 11.5 Å². The molecule has 2 aliphatic heterocycles. The van der Waals surface area contributed by atoms with Crippen molar-refractivity contribution >= 4 is 0 Å². The average Bonchev–Trinajstić information content (AvgIpc) is 2.95. The lowest BCUT2D eigenvalue weighted by molar-refractivity contribution is 0.0540. The zero-order chi connectivity index (χ0) is 15.5. The molecule has 2 saturated heterocycles. The molecule has 3 rings (SSSR count). The van der Waals surface area contributed by atoms with Crippen molar-refractivity contribution in [1.29, 1.82) is 0 Å². The second kappa shape index (κ2) is 6.88. The van der Waals surface area contributed by atoms with E-state index in [2.05, 4.69) is 28.9 Å². The summed E-state index contributed by atoms with van der Waals surface area (Å²) in [5, 5.41) is 0. The van der Waals surface area contributed by atoms with Crippen LogP contribution in [-0.2, 0) is 6.54 Å². The number of nitrogens with zero attached hydrogens (tertiary/aromatic N) is 2. The fraction of sp³-hybridized carbons (Fsp3) is 0.667. The zero-order valence-corrected chi connectivity index (χ0v) is 14.0. The van der Waals surface area contributed by atoms with E-state index in [0.717, 1.165) is 24.1 Å². The van der Waals surface area contributed by atoms with Gasteiger partial charge in [-0.25, -0.2) is 0 Å². The molecule has 22 heavy (non-hydrogen) atoms. The molecule has 0 bridgehead atoms. The van der Waals surface area contributed by atoms with Crippen LogP contribution in [0, 0.1) is 0 Å². The van der Waals surface area contributed by atoms with Crippen molar-refractivity contribution in [1.82, 2.24) is 9.80 Å². The van der Waals surface area contributed by atoms with Gasteiger partial charge >= 0.3 is 0 Å². The summed E-state index contributed by atoms with van der Waals surface area (Å²) in [5.41, 5.74) is 1.31. The van der Waals surface area contributed by atoms with E-state index in [1.165, 1.54) is 38.0 Å². The smallest absolute Gasteiger partial charge is 0.161 e. The van der Waals surface area contributed by atoms with Gasteiger partial charge in [0, 0.05) is 31.7 Å². The first-order valence-electron chi connectivity index (χ1n) is 8.49. The van der Waals surface area contributed by atoms with Crippen molar-refractivity contribution < 1.29 is 9.47 Å². The Morgan fingerprint density at radius 1 is 1.23 bits per heavy atom. The van der Waals surface area contributed by atoms with Crippen LogP contribution in [0.1, 0.15) is 32.3 Å². The van der Waals surface area contributed by atoms with Crippen LogP contribution in [0.2, 0.25) is 0 Å². The van der Waals surface area contributed by atoms with E-state index in [1.807, 2.05) is 13.0 Å². The van der Waals surface area contributed by atoms with E-state index in [4.69, 9.17) is 9.47 Å². The lowest BCUT2D eigenvalue weighted by Gasteiger charge is -2.42. The lowest BCUT2D eigenvalue weighted by Crippen LogP contribution is -2.54. The number of benzene rings is 1. The number of fused-ring (bicyclic) bond motifs is 1. The Hall–Kier alpha value is -1.26. The maximum absolute atomic E-state index is 5.70. The molecule has 0 radical (unpaired) electrons. The molecule has 1 aromatic rings. The Morgan fingerprint density at radius 2 is 2.09 bits per heavy atom. The third kappa shape index (κ3) is 3.23. The van der Waals surface area contributed by atoms with Crippen LogP contribution < -0.4 is 9.47 Å². The van der Waals surface area contributed by atoms with Crippen LogP contribution in [0.25, 0.3) is 0 Å². The quantitative estimate of drug-likeness (QED) is 0.835. The summed E-state index contributed by atoms with van der Waals surface area (Å²) in [5.74, 6) is 1.67. The number of rotatable bonds is 5. The van der Waals surface area contributed by atoms with Crippen LogP contribution in [0.3, 0.4) is 0 Å². The molecule has 0 amide bonds. The largest absolute Gasteiger partial charge is 0.493 e. The fourth-order valence-electron chi connectivity index (χ4n) is 3.79. The maximum atomic E-state index is 5.70. The van der Waals surface area contributed by atoms with Gasteiger partial charge in [-0.05, 0) is 50.9 Å². The highest BCUT2D eigenvalue weighted by Gasteiger charge is 2.34. The van der Waals surface area contributed by atoms with Crippen molar-refractivity contribution in [3.05, 3.63) is 23.8 Å². The van der Waals surface area contributed by atoms with Crippen LogP contribution in [0.4, 0.5) is 0 Å². The zero-order valence-electron chi connectivity index (χ0n) is 14.0. The Kier molecular flexibility index (Phi) is 4.89. The van der Waals surface area contributed by atoms with Gasteiger partial charge < -0.3 is 9.47 Å². The van der Waals surface area contributed by atoms with Crippen molar-refractivity contribution in [2.24, 2.45) is 0 Å². The SMILES string of the molecule is CCOc1cc(CN2C[C@@H]3CCCN3C[C@@H]2C)ccc1OC. The summed E-state index contributed by atoms with van der Waals surface area (Å²) in [6.07, 6.45) is 2.72. The van der Waals surface area contributed by atoms with Crippen LogP contribution in [-0.4, -0.2) is 55.2 Å². The number of methoxy groups -OCH3 is 1. The fourth-order valence-corrected chi connectivity index (χ4v) is 3.79. The Morgan fingerprint density at radius 3 is 2.86 bits per heavy atom. The Balaban J connectivity index is 1.70. The van der Waals surface area contributed by atoms with Gasteiger partial charge in [0.15, 0.2) is 11.5 Å². The van der Waals surface area contributed by atoms with E-state index in [-0.39, 0.29) is 0 Å². The van der Waals surface area contributed by atoms with Crippen molar-refractivity contribution in [2.75, 3.05) is 33.4 Å². The third-order valence-corrected chi connectivity index (χ3v) is 4.98. The summed E-state index contributed by atoms with van der Waals surface area (Å²) in [4.78, 5) is 5.28. The van der Waals surface area contributed by atoms with Crippen molar-refractivity contribution in [2.45, 2.75) is 45.3 Å². The minimum Gasteiger partial charge on any atom is -0.493 e. The second-order valence-corrected chi connectivity index (χ2v) is 6.49. The molecule has 2 fully saturated rings. The molecule has 2 heterocycles. The van der Waals surface area contributed by atoms with Crippen molar-refractivity contribution in [3.63, 3.8) is 0 Å². The molecule has 2 atom stereocenters. The summed E-state index contributed by atoms with van der Waals surface area (Å²) < 4.78 is 11.1. The number of ether oxygens (including phenoxy) is 2.